The minimum Gasteiger partial charge on any atom is -0.480 e. The lowest BCUT2D eigenvalue weighted by Crippen LogP contribution is -2.36. The van der Waals surface area contributed by atoms with Gasteiger partial charge in [-0.25, -0.2) is 0 Å². The second-order valence-electron chi connectivity index (χ2n) is 4.64. The van der Waals surface area contributed by atoms with E-state index >= 15 is 0 Å². The van der Waals surface area contributed by atoms with Crippen molar-refractivity contribution in [3.05, 3.63) is 28.2 Å². The van der Waals surface area contributed by atoms with Gasteiger partial charge in [0, 0.05) is 29.3 Å². The maximum absolute atomic E-state index is 10.5. The standard InChI is InChI=1S/C13H17BrN2O2/c1-9-6-10(14)2-3-12(9)16-5-4-11(8-16)15-7-13(17)18/h2-3,6,11,15H,4-5,7-8H2,1H3,(H,17,18). The monoisotopic (exact) mass is 312 g/mol. The van der Waals surface area contributed by atoms with Crippen LogP contribution in [0, 0.1) is 6.92 Å². The number of anilines is 1. The minimum atomic E-state index is -0.798. The van der Waals surface area contributed by atoms with Gasteiger partial charge in [-0.3, -0.25) is 4.79 Å². The molecule has 1 aliphatic heterocycles. The first kappa shape index (κ1) is 13.4. The van der Waals surface area contributed by atoms with E-state index in [1.54, 1.807) is 0 Å². The molecule has 1 aliphatic rings. The molecule has 0 aromatic heterocycles. The molecule has 98 valence electrons. The highest BCUT2D eigenvalue weighted by atomic mass is 79.9. The lowest BCUT2D eigenvalue weighted by Gasteiger charge is -2.21. The van der Waals surface area contributed by atoms with Crippen LogP contribution in [0.4, 0.5) is 5.69 Å². The van der Waals surface area contributed by atoms with Crippen LogP contribution < -0.4 is 10.2 Å². The number of carboxylic acid groups (broad SMARTS) is 1. The molecular formula is C13H17BrN2O2. The number of nitrogens with zero attached hydrogens (tertiary/aromatic N) is 1. The van der Waals surface area contributed by atoms with E-state index in [0.717, 1.165) is 24.0 Å². The summed E-state index contributed by atoms with van der Waals surface area (Å²) in [7, 11) is 0. The van der Waals surface area contributed by atoms with Crippen LogP contribution in [0.5, 0.6) is 0 Å². The molecule has 1 unspecified atom stereocenters. The Kier molecular flexibility index (Phi) is 4.24. The molecule has 0 spiro atoms. The van der Waals surface area contributed by atoms with E-state index in [1.807, 2.05) is 6.07 Å². The Hall–Kier alpha value is -1.07. The Morgan fingerprint density at radius 2 is 2.39 bits per heavy atom. The molecule has 1 saturated heterocycles. The second kappa shape index (κ2) is 5.71. The van der Waals surface area contributed by atoms with Gasteiger partial charge in [0.25, 0.3) is 0 Å². The van der Waals surface area contributed by atoms with E-state index < -0.39 is 5.97 Å². The van der Waals surface area contributed by atoms with Crippen LogP contribution >= 0.6 is 15.9 Å². The summed E-state index contributed by atoms with van der Waals surface area (Å²) in [5.74, 6) is -0.798. The van der Waals surface area contributed by atoms with E-state index in [4.69, 9.17) is 5.11 Å². The van der Waals surface area contributed by atoms with Crippen molar-refractivity contribution in [2.45, 2.75) is 19.4 Å². The minimum absolute atomic E-state index is 0.0395. The van der Waals surface area contributed by atoms with Crippen molar-refractivity contribution in [1.82, 2.24) is 5.32 Å². The fourth-order valence-electron chi connectivity index (χ4n) is 2.35. The van der Waals surface area contributed by atoms with Gasteiger partial charge in [0.2, 0.25) is 0 Å². The summed E-state index contributed by atoms with van der Waals surface area (Å²) in [6.07, 6.45) is 0.989. The van der Waals surface area contributed by atoms with Gasteiger partial charge in [0.15, 0.2) is 0 Å². The summed E-state index contributed by atoms with van der Waals surface area (Å²) >= 11 is 3.46. The van der Waals surface area contributed by atoms with Crippen molar-refractivity contribution in [3.8, 4) is 0 Å². The molecule has 0 aliphatic carbocycles. The van der Waals surface area contributed by atoms with Crippen LogP contribution in [0.15, 0.2) is 22.7 Å². The summed E-state index contributed by atoms with van der Waals surface area (Å²) in [5.41, 5.74) is 2.47. The zero-order valence-electron chi connectivity index (χ0n) is 10.3. The zero-order chi connectivity index (χ0) is 13.1. The molecule has 0 amide bonds. The third-order valence-electron chi connectivity index (χ3n) is 3.23. The smallest absolute Gasteiger partial charge is 0.317 e. The van der Waals surface area contributed by atoms with E-state index in [-0.39, 0.29) is 12.6 Å². The Morgan fingerprint density at radius 1 is 1.61 bits per heavy atom. The van der Waals surface area contributed by atoms with E-state index in [1.165, 1.54) is 11.3 Å². The molecule has 1 aromatic rings. The summed E-state index contributed by atoms with van der Waals surface area (Å²) in [6, 6.07) is 6.52. The molecule has 1 atom stereocenters. The van der Waals surface area contributed by atoms with Crippen molar-refractivity contribution in [2.24, 2.45) is 0 Å². The van der Waals surface area contributed by atoms with Crippen LogP contribution in [-0.2, 0) is 4.79 Å². The van der Waals surface area contributed by atoms with Gasteiger partial charge in [-0.15, -0.1) is 0 Å². The number of carboxylic acids is 1. The van der Waals surface area contributed by atoms with Gasteiger partial charge < -0.3 is 15.3 Å². The molecule has 1 aromatic carbocycles. The van der Waals surface area contributed by atoms with Crippen LogP contribution in [-0.4, -0.2) is 36.8 Å². The van der Waals surface area contributed by atoms with Gasteiger partial charge in [0.1, 0.15) is 0 Å². The van der Waals surface area contributed by atoms with Crippen molar-refractivity contribution < 1.29 is 9.90 Å². The highest BCUT2D eigenvalue weighted by Gasteiger charge is 2.23. The molecule has 5 heteroatoms. The number of nitrogens with one attached hydrogen (secondary N) is 1. The average Bonchev–Trinajstić information content (AvgIpc) is 2.75. The number of benzene rings is 1. The number of hydrogen-bond acceptors (Lipinski definition) is 3. The van der Waals surface area contributed by atoms with Gasteiger partial charge >= 0.3 is 5.97 Å². The zero-order valence-corrected chi connectivity index (χ0v) is 11.9. The number of halogens is 1. The highest BCUT2D eigenvalue weighted by Crippen LogP contribution is 2.26. The van der Waals surface area contributed by atoms with Crippen molar-refractivity contribution >= 4 is 27.6 Å². The number of hydrogen-bond donors (Lipinski definition) is 2. The number of rotatable bonds is 4. The molecule has 0 radical (unpaired) electrons. The van der Waals surface area contributed by atoms with Crippen molar-refractivity contribution in [2.75, 3.05) is 24.5 Å². The van der Waals surface area contributed by atoms with E-state index in [0.29, 0.717) is 0 Å². The summed E-state index contributed by atoms with van der Waals surface area (Å²) < 4.78 is 1.09. The van der Waals surface area contributed by atoms with Gasteiger partial charge in [-0.2, -0.15) is 0 Å². The van der Waals surface area contributed by atoms with Gasteiger partial charge in [-0.1, -0.05) is 15.9 Å². The summed E-state index contributed by atoms with van der Waals surface area (Å²) in [5, 5.41) is 11.7. The highest BCUT2D eigenvalue weighted by molar-refractivity contribution is 9.10. The molecule has 0 bridgehead atoms. The third kappa shape index (κ3) is 3.23. The Labute approximate surface area is 115 Å². The van der Waals surface area contributed by atoms with Crippen LogP contribution in [0.3, 0.4) is 0 Å². The van der Waals surface area contributed by atoms with Crippen LogP contribution in [0.1, 0.15) is 12.0 Å². The summed E-state index contributed by atoms with van der Waals surface area (Å²) in [4.78, 5) is 12.8. The lowest BCUT2D eigenvalue weighted by atomic mass is 10.2. The van der Waals surface area contributed by atoms with Crippen molar-refractivity contribution in [1.29, 1.82) is 0 Å². The molecule has 4 nitrogen and oxygen atoms in total. The number of carbonyl (C=O) groups is 1. The first-order valence-corrected chi connectivity index (χ1v) is 6.82. The maximum Gasteiger partial charge on any atom is 0.317 e. The Bertz CT molecular complexity index is 451. The quantitative estimate of drug-likeness (QED) is 0.893. The molecule has 2 N–H and O–H groups in total. The second-order valence-corrected chi connectivity index (χ2v) is 5.55. The molecule has 2 rings (SSSR count). The fourth-order valence-corrected chi connectivity index (χ4v) is 2.83. The Balaban J connectivity index is 1.97. The molecular weight excluding hydrogens is 296 g/mol. The number of aryl methyl sites for hydroxylation is 1. The van der Waals surface area contributed by atoms with Gasteiger partial charge in [-0.05, 0) is 37.1 Å². The SMILES string of the molecule is Cc1cc(Br)ccc1N1CCC(NCC(=O)O)C1. The third-order valence-corrected chi connectivity index (χ3v) is 3.72. The predicted molar refractivity (Wildman–Crippen MR) is 75.1 cm³/mol. The predicted octanol–water partition coefficient (Wildman–Crippen LogP) is 2.01. The largest absolute Gasteiger partial charge is 0.480 e. The molecule has 1 fully saturated rings. The lowest BCUT2D eigenvalue weighted by molar-refractivity contribution is -0.136. The molecule has 18 heavy (non-hydrogen) atoms. The molecule has 1 heterocycles. The average molecular weight is 313 g/mol. The summed E-state index contributed by atoms with van der Waals surface area (Å²) in [6.45, 7) is 3.98. The topological polar surface area (TPSA) is 52.6 Å². The van der Waals surface area contributed by atoms with E-state index in [9.17, 15) is 4.79 Å². The van der Waals surface area contributed by atoms with Crippen LogP contribution in [0.25, 0.3) is 0 Å². The van der Waals surface area contributed by atoms with E-state index in [2.05, 4.69) is 45.2 Å². The normalized spacial score (nSPS) is 19.2. The maximum atomic E-state index is 10.5. The molecule has 0 saturated carbocycles. The Morgan fingerprint density at radius 3 is 3.06 bits per heavy atom. The van der Waals surface area contributed by atoms with Crippen LogP contribution in [0.2, 0.25) is 0 Å². The van der Waals surface area contributed by atoms with Crippen molar-refractivity contribution in [3.63, 3.8) is 0 Å². The number of aliphatic carboxylic acids is 1. The first-order chi connectivity index (χ1) is 8.56. The fraction of sp³-hybridized carbons (Fsp3) is 0.462. The van der Waals surface area contributed by atoms with Gasteiger partial charge in [0.05, 0.1) is 6.54 Å². The first-order valence-electron chi connectivity index (χ1n) is 6.02.